The second-order valence-electron chi connectivity index (χ2n) is 8.59. The number of hydrogen-bond acceptors (Lipinski definition) is 4. The van der Waals surface area contributed by atoms with Gasteiger partial charge in [0.2, 0.25) is 5.91 Å². The Balaban J connectivity index is 1.38. The number of ether oxygens (including phenoxy) is 2. The zero-order valence-corrected chi connectivity index (χ0v) is 16.9. The number of rotatable bonds is 6. The lowest BCUT2D eigenvalue weighted by molar-refractivity contribution is -0.127. The first-order chi connectivity index (χ1) is 13.8. The van der Waals surface area contributed by atoms with Crippen LogP contribution in [0.4, 0.5) is 0 Å². The van der Waals surface area contributed by atoms with E-state index in [2.05, 4.69) is 10.2 Å². The Morgan fingerprint density at radius 3 is 2.57 bits per heavy atom. The third-order valence-corrected chi connectivity index (χ3v) is 6.60. The summed E-state index contributed by atoms with van der Waals surface area (Å²) in [4.78, 5) is 15.5. The molecule has 2 heterocycles. The molecule has 28 heavy (non-hydrogen) atoms. The molecule has 154 valence electrons. The highest BCUT2D eigenvalue weighted by Crippen LogP contribution is 2.29. The predicted octanol–water partition coefficient (Wildman–Crippen LogP) is 3.38. The van der Waals surface area contributed by atoms with Crippen LogP contribution in [0.1, 0.15) is 51.4 Å². The van der Waals surface area contributed by atoms with Gasteiger partial charge in [0, 0.05) is 38.8 Å². The highest BCUT2D eigenvalue weighted by molar-refractivity contribution is 5.82. The number of amides is 1. The Hall–Kier alpha value is -1.59. The van der Waals surface area contributed by atoms with Crippen LogP contribution in [0.2, 0.25) is 0 Å². The zero-order valence-electron chi connectivity index (χ0n) is 16.9. The fourth-order valence-electron chi connectivity index (χ4n) is 5.03. The van der Waals surface area contributed by atoms with Crippen LogP contribution < -0.4 is 10.1 Å². The fourth-order valence-corrected chi connectivity index (χ4v) is 5.03. The Labute approximate surface area is 168 Å². The van der Waals surface area contributed by atoms with Crippen LogP contribution in [0.3, 0.4) is 0 Å². The van der Waals surface area contributed by atoms with Crippen molar-refractivity contribution in [1.29, 1.82) is 0 Å². The van der Waals surface area contributed by atoms with E-state index in [4.69, 9.17) is 9.47 Å². The van der Waals surface area contributed by atoms with E-state index in [9.17, 15) is 4.79 Å². The first kappa shape index (κ1) is 19.7. The van der Waals surface area contributed by atoms with Crippen molar-refractivity contribution in [3.8, 4) is 5.75 Å². The van der Waals surface area contributed by atoms with Crippen molar-refractivity contribution in [3.63, 3.8) is 0 Å². The van der Waals surface area contributed by atoms with Gasteiger partial charge in [0.15, 0.2) is 0 Å². The Morgan fingerprint density at radius 1 is 1.07 bits per heavy atom. The third-order valence-electron chi connectivity index (χ3n) is 6.60. The summed E-state index contributed by atoms with van der Waals surface area (Å²) in [6.07, 6.45) is 9.33. The van der Waals surface area contributed by atoms with Crippen molar-refractivity contribution in [3.05, 3.63) is 30.3 Å². The van der Waals surface area contributed by atoms with E-state index in [0.29, 0.717) is 12.0 Å². The maximum Gasteiger partial charge on any atom is 0.237 e. The molecule has 1 aromatic carbocycles. The lowest BCUT2D eigenvalue weighted by atomic mass is 9.89. The fraction of sp³-hybridized carbons (Fsp3) is 0.696. The lowest BCUT2D eigenvalue weighted by Crippen LogP contribution is -2.50. The molecule has 1 aliphatic carbocycles. The molecule has 1 aromatic rings. The largest absolute Gasteiger partial charge is 0.489 e. The minimum absolute atomic E-state index is 0.0654. The summed E-state index contributed by atoms with van der Waals surface area (Å²) in [6, 6.07) is 10.3. The van der Waals surface area contributed by atoms with Gasteiger partial charge in [0.1, 0.15) is 11.9 Å². The van der Waals surface area contributed by atoms with Gasteiger partial charge in [-0.25, -0.2) is 0 Å². The second kappa shape index (κ2) is 9.75. The van der Waals surface area contributed by atoms with Crippen molar-refractivity contribution in [2.45, 2.75) is 69.6 Å². The van der Waals surface area contributed by atoms with Crippen molar-refractivity contribution in [2.75, 3.05) is 26.3 Å². The minimum Gasteiger partial charge on any atom is -0.489 e. The molecule has 4 rings (SSSR count). The van der Waals surface area contributed by atoms with E-state index >= 15 is 0 Å². The third kappa shape index (κ3) is 5.06. The average Bonchev–Trinajstić information content (AvgIpc) is 3.18. The predicted molar refractivity (Wildman–Crippen MR) is 109 cm³/mol. The van der Waals surface area contributed by atoms with Gasteiger partial charge in [-0.15, -0.1) is 0 Å². The molecule has 0 bridgehead atoms. The SMILES string of the molecule is O=C(NCC1CCCCC1)[C@@H]1C[C@H](Oc2ccccc2)CN1C1CCOCC1. The Morgan fingerprint density at radius 2 is 1.82 bits per heavy atom. The van der Waals surface area contributed by atoms with Gasteiger partial charge in [-0.3, -0.25) is 9.69 Å². The van der Waals surface area contributed by atoms with Gasteiger partial charge in [-0.1, -0.05) is 37.5 Å². The molecule has 1 N–H and O–H groups in total. The molecule has 5 heteroatoms. The zero-order chi connectivity index (χ0) is 19.2. The van der Waals surface area contributed by atoms with E-state index < -0.39 is 0 Å². The molecule has 0 spiro atoms. The van der Waals surface area contributed by atoms with E-state index in [1.54, 1.807) is 0 Å². The number of benzene rings is 1. The van der Waals surface area contributed by atoms with Crippen molar-refractivity contribution < 1.29 is 14.3 Å². The number of carbonyl (C=O) groups excluding carboxylic acids is 1. The molecule has 0 aromatic heterocycles. The second-order valence-corrected chi connectivity index (χ2v) is 8.59. The highest BCUT2D eigenvalue weighted by atomic mass is 16.5. The minimum atomic E-state index is -0.0830. The lowest BCUT2D eigenvalue weighted by Gasteiger charge is -2.34. The topological polar surface area (TPSA) is 50.8 Å². The molecule has 3 fully saturated rings. The number of nitrogens with zero attached hydrogens (tertiary/aromatic N) is 1. The molecule has 2 atom stereocenters. The Kier molecular flexibility index (Phi) is 6.86. The quantitative estimate of drug-likeness (QED) is 0.814. The summed E-state index contributed by atoms with van der Waals surface area (Å²) in [5.41, 5.74) is 0. The number of hydrogen-bond donors (Lipinski definition) is 1. The molecule has 1 saturated carbocycles. The number of likely N-dealkylation sites (tertiary alicyclic amines) is 1. The maximum atomic E-state index is 13.1. The summed E-state index contributed by atoms with van der Waals surface area (Å²) in [7, 11) is 0. The molecule has 2 aliphatic heterocycles. The first-order valence-corrected chi connectivity index (χ1v) is 11.1. The summed E-state index contributed by atoms with van der Waals surface area (Å²) >= 11 is 0. The van der Waals surface area contributed by atoms with E-state index in [-0.39, 0.29) is 18.1 Å². The molecule has 0 radical (unpaired) electrons. The number of carbonyl (C=O) groups is 1. The van der Waals surface area contributed by atoms with Crippen LogP contribution in [-0.2, 0) is 9.53 Å². The van der Waals surface area contributed by atoms with Crippen molar-refractivity contribution in [2.24, 2.45) is 5.92 Å². The van der Waals surface area contributed by atoms with Crippen LogP contribution in [0.15, 0.2) is 30.3 Å². The molecule has 2 saturated heterocycles. The van der Waals surface area contributed by atoms with Crippen LogP contribution in [0.5, 0.6) is 5.75 Å². The standard InChI is InChI=1S/C23H34N2O3/c26-23(24-16-18-7-3-1-4-8-18)22-15-21(28-20-9-5-2-6-10-20)17-25(22)19-11-13-27-14-12-19/h2,5-6,9-10,18-19,21-22H,1,3-4,7-8,11-17H2,(H,24,26)/t21-,22-/m0/s1. The smallest absolute Gasteiger partial charge is 0.237 e. The summed E-state index contributed by atoms with van der Waals surface area (Å²) in [6.45, 7) is 3.24. The number of para-hydroxylation sites is 1. The van der Waals surface area contributed by atoms with E-state index in [1.807, 2.05) is 30.3 Å². The van der Waals surface area contributed by atoms with Gasteiger partial charge in [0.25, 0.3) is 0 Å². The summed E-state index contributed by atoms with van der Waals surface area (Å²) < 4.78 is 11.8. The molecular weight excluding hydrogens is 352 g/mol. The van der Waals surface area contributed by atoms with Gasteiger partial charge in [-0.2, -0.15) is 0 Å². The van der Waals surface area contributed by atoms with Crippen LogP contribution in [0.25, 0.3) is 0 Å². The molecular formula is C23H34N2O3. The molecule has 1 amide bonds. The number of nitrogens with one attached hydrogen (secondary N) is 1. The summed E-state index contributed by atoms with van der Waals surface area (Å²) in [5.74, 6) is 1.74. The molecule has 3 aliphatic rings. The monoisotopic (exact) mass is 386 g/mol. The van der Waals surface area contributed by atoms with Gasteiger partial charge >= 0.3 is 0 Å². The normalized spacial score (nSPS) is 27.6. The average molecular weight is 387 g/mol. The van der Waals surface area contributed by atoms with Gasteiger partial charge < -0.3 is 14.8 Å². The maximum absolute atomic E-state index is 13.1. The highest BCUT2D eigenvalue weighted by Gasteiger charge is 2.41. The van der Waals surface area contributed by atoms with Crippen LogP contribution in [-0.4, -0.2) is 55.3 Å². The van der Waals surface area contributed by atoms with Crippen molar-refractivity contribution >= 4 is 5.91 Å². The molecule has 5 nitrogen and oxygen atoms in total. The van der Waals surface area contributed by atoms with Gasteiger partial charge in [0.05, 0.1) is 6.04 Å². The summed E-state index contributed by atoms with van der Waals surface area (Å²) in [5, 5.41) is 3.28. The Bertz CT molecular complexity index is 612. The van der Waals surface area contributed by atoms with E-state index in [1.165, 1.54) is 32.1 Å². The first-order valence-electron chi connectivity index (χ1n) is 11.1. The van der Waals surface area contributed by atoms with Crippen LogP contribution >= 0.6 is 0 Å². The van der Waals surface area contributed by atoms with E-state index in [0.717, 1.165) is 51.3 Å². The van der Waals surface area contributed by atoms with Gasteiger partial charge in [-0.05, 0) is 43.7 Å². The van der Waals surface area contributed by atoms with Crippen molar-refractivity contribution in [1.82, 2.24) is 10.2 Å². The van der Waals surface area contributed by atoms with Crippen LogP contribution in [0, 0.1) is 5.92 Å². The molecule has 0 unspecified atom stereocenters.